The molecular weight excluding hydrogens is 368 g/mol. The van der Waals surface area contributed by atoms with E-state index in [0.29, 0.717) is 5.69 Å². The zero-order valence-electron chi connectivity index (χ0n) is 16.1. The monoisotopic (exact) mass is 388 g/mol. The van der Waals surface area contributed by atoms with Gasteiger partial charge in [0.15, 0.2) is 6.10 Å². The third kappa shape index (κ3) is 2.18. The van der Waals surface area contributed by atoms with Crippen molar-refractivity contribution in [3.05, 3.63) is 65.2 Å². The van der Waals surface area contributed by atoms with E-state index in [1.807, 2.05) is 62.4 Å². The molecule has 2 aromatic carbocycles. The second kappa shape index (κ2) is 5.76. The van der Waals surface area contributed by atoms with Gasteiger partial charge in [0, 0.05) is 0 Å². The van der Waals surface area contributed by atoms with Crippen molar-refractivity contribution in [2.24, 2.45) is 22.9 Å². The lowest BCUT2D eigenvalue weighted by Crippen LogP contribution is -2.45. The highest BCUT2D eigenvalue weighted by molar-refractivity contribution is 6.23. The van der Waals surface area contributed by atoms with E-state index >= 15 is 0 Å². The van der Waals surface area contributed by atoms with Gasteiger partial charge >= 0.3 is 0 Å². The predicted octanol–water partition coefficient (Wildman–Crippen LogP) is 2.61. The van der Waals surface area contributed by atoms with Crippen molar-refractivity contribution in [1.29, 1.82) is 0 Å². The van der Waals surface area contributed by atoms with E-state index in [1.54, 1.807) is 0 Å². The summed E-state index contributed by atoms with van der Waals surface area (Å²) in [6, 6.07) is 15.6. The number of imide groups is 1. The van der Waals surface area contributed by atoms with E-state index in [4.69, 9.17) is 9.57 Å². The molecule has 4 heterocycles. The van der Waals surface area contributed by atoms with Crippen LogP contribution in [0, 0.1) is 31.6 Å². The molecule has 0 saturated carbocycles. The van der Waals surface area contributed by atoms with Gasteiger partial charge < -0.3 is 9.57 Å². The number of nitrogens with zero attached hydrogens (tertiary/aromatic N) is 2. The Morgan fingerprint density at radius 3 is 2.00 bits per heavy atom. The second-order valence-electron chi connectivity index (χ2n) is 8.40. The van der Waals surface area contributed by atoms with Crippen LogP contribution in [-0.4, -0.2) is 35.8 Å². The molecule has 6 nitrogen and oxygen atoms in total. The molecule has 0 radical (unpaired) electrons. The van der Waals surface area contributed by atoms with E-state index in [-0.39, 0.29) is 29.9 Å². The number of fused-ring (bicyclic) bond motifs is 8. The van der Waals surface area contributed by atoms with Gasteiger partial charge in [-0.3, -0.25) is 9.59 Å². The summed E-state index contributed by atoms with van der Waals surface area (Å²) in [5, 5.41) is 4.33. The van der Waals surface area contributed by atoms with Crippen LogP contribution < -0.4 is 4.90 Å². The van der Waals surface area contributed by atoms with Gasteiger partial charge in [0.2, 0.25) is 11.8 Å². The van der Waals surface area contributed by atoms with Crippen molar-refractivity contribution in [3.8, 4) is 0 Å². The van der Waals surface area contributed by atoms with E-state index in [1.165, 1.54) is 10.5 Å². The second-order valence-corrected chi connectivity index (χ2v) is 8.40. The summed E-state index contributed by atoms with van der Waals surface area (Å²) >= 11 is 0. The molecule has 0 spiro atoms. The molecule has 4 aliphatic rings. The molecule has 4 aliphatic heterocycles. The van der Waals surface area contributed by atoms with Crippen LogP contribution in [0.5, 0.6) is 0 Å². The minimum atomic E-state index is -0.498. The van der Waals surface area contributed by atoms with Gasteiger partial charge in [-0.2, -0.15) is 0 Å². The maximum atomic E-state index is 13.3. The Balaban J connectivity index is 1.35. The van der Waals surface area contributed by atoms with Gasteiger partial charge in [-0.05, 0) is 31.5 Å². The van der Waals surface area contributed by atoms with Gasteiger partial charge in [0.1, 0.15) is 6.10 Å². The Bertz CT molecular complexity index is 1060. The predicted molar refractivity (Wildman–Crippen MR) is 105 cm³/mol. The average Bonchev–Trinajstić information content (AvgIpc) is 3.44. The van der Waals surface area contributed by atoms with Crippen molar-refractivity contribution < 1.29 is 19.2 Å². The third-order valence-corrected chi connectivity index (χ3v) is 6.68. The van der Waals surface area contributed by atoms with Gasteiger partial charge in [-0.15, -0.1) is 0 Å². The first-order valence-electron chi connectivity index (χ1n) is 9.95. The largest absolute Gasteiger partial charge is 0.389 e. The van der Waals surface area contributed by atoms with Gasteiger partial charge in [0.25, 0.3) is 0 Å². The number of carbonyl (C=O) groups excluding carboxylic acids is 2. The van der Waals surface area contributed by atoms with Crippen LogP contribution in [-0.2, 0) is 19.2 Å². The molecule has 0 unspecified atom stereocenters. The minimum Gasteiger partial charge on any atom is -0.389 e. The number of carbonyl (C=O) groups is 2. The molecule has 29 heavy (non-hydrogen) atoms. The highest BCUT2D eigenvalue weighted by Gasteiger charge is 2.72. The summed E-state index contributed by atoms with van der Waals surface area (Å²) in [7, 11) is 0. The smallest absolute Gasteiger partial charge is 0.240 e. The fraction of sp³-hybridized carbons (Fsp3) is 0.348. The molecule has 3 saturated heterocycles. The summed E-state index contributed by atoms with van der Waals surface area (Å²) < 4.78 is 6.15. The number of oxime groups is 1. The fourth-order valence-corrected chi connectivity index (χ4v) is 5.27. The lowest BCUT2D eigenvalue weighted by Gasteiger charge is -2.26. The number of benzene rings is 2. The first-order chi connectivity index (χ1) is 14.0. The van der Waals surface area contributed by atoms with Gasteiger partial charge in [-0.1, -0.05) is 52.7 Å². The number of anilines is 1. The van der Waals surface area contributed by atoms with Crippen molar-refractivity contribution in [2.45, 2.75) is 32.2 Å². The number of rotatable bonds is 2. The first-order valence-corrected chi connectivity index (χ1v) is 9.95. The highest BCUT2D eigenvalue weighted by atomic mass is 16.7. The topological polar surface area (TPSA) is 68.2 Å². The van der Waals surface area contributed by atoms with Crippen molar-refractivity contribution >= 4 is 23.2 Å². The van der Waals surface area contributed by atoms with Crippen LogP contribution in [0.2, 0.25) is 0 Å². The molecule has 0 N–H and O–H groups in total. The maximum absolute atomic E-state index is 13.3. The Kier molecular flexibility index (Phi) is 3.36. The Labute approximate surface area is 168 Å². The SMILES string of the molecule is Cc1ccc(C2=NO[C@@H]3[C@@H]4O[C@H]([C@H]23)[C@H]2C(=O)N(c3ccc(C)cc3)C(=O)[C@@H]42)cc1. The fourth-order valence-electron chi connectivity index (χ4n) is 5.27. The normalized spacial score (nSPS) is 34.3. The summed E-state index contributed by atoms with van der Waals surface area (Å²) in [6.07, 6.45) is -1.13. The number of amides is 2. The van der Waals surface area contributed by atoms with Crippen LogP contribution in [0.4, 0.5) is 5.69 Å². The third-order valence-electron chi connectivity index (χ3n) is 6.68. The van der Waals surface area contributed by atoms with Crippen molar-refractivity contribution in [2.75, 3.05) is 4.90 Å². The molecule has 0 aliphatic carbocycles. The molecule has 3 fully saturated rings. The number of hydrogen-bond donors (Lipinski definition) is 0. The molecule has 146 valence electrons. The van der Waals surface area contributed by atoms with Crippen LogP contribution in [0.3, 0.4) is 0 Å². The van der Waals surface area contributed by atoms with Gasteiger partial charge in [-0.25, -0.2) is 4.90 Å². The van der Waals surface area contributed by atoms with Crippen LogP contribution in [0.1, 0.15) is 16.7 Å². The molecule has 2 bridgehead atoms. The number of aryl methyl sites for hydroxylation is 2. The molecule has 2 aromatic rings. The Morgan fingerprint density at radius 2 is 1.34 bits per heavy atom. The van der Waals surface area contributed by atoms with Crippen molar-refractivity contribution in [3.63, 3.8) is 0 Å². The Hall–Kier alpha value is -2.99. The molecule has 6 rings (SSSR count). The molecule has 6 heteroatoms. The minimum absolute atomic E-state index is 0.126. The summed E-state index contributed by atoms with van der Waals surface area (Å²) in [6.45, 7) is 4.01. The van der Waals surface area contributed by atoms with Crippen LogP contribution >= 0.6 is 0 Å². The zero-order chi connectivity index (χ0) is 19.9. The Morgan fingerprint density at radius 1 is 0.759 bits per heavy atom. The molecular formula is C23H20N2O4. The van der Waals surface area contributed by atoms with E-state index in [0.717, 1.165) is 16.8 Å². The number of hydrogen-bond acceptors (Lipinski definition) is 5. The van der Waals surface area contributed by atoms with Crippen LogP contribution in [0.25, 0.3) is 0 Å². The molecule has 2 amide bonds. The van der Waals surface area contributed by atoms with Gasteiger partial charge in [0.05, 0.1) is 35.3 Å². The number of ether oxygens (including phenoxy) is 1. The summed E-state index contributed by atoms with van der Waals surface area (Å²) in [5.41, 5.74) is 4.66. The quantitative estimate of drug-likeness (QED) is 0.742. The first kappa shape index (κ1) is 16.9. The highest BCUT2D eigenvalue weighted by Crippen LogP contribution is 2.55. The lowest BCUT2D eigenvalue weighted by molar-refractivity contribution is -0.125. The van der Waals surface area contributed by atoms with E-state index < -0.39 is 17.9 Å². The summed E-state index contributed by atoms with van der Waals surface area (Å²) in [4.78, 5) is 33.5. The molecule has 0 aromatic heterocycles. The van der Waals surface area contributed by atoms with E-state index in [9.17, 15) is 9.59 Å². The lowest BCUT2D eigenvalue weighted by atomic mass is 9.71. The summed E-state index contributed by atoms with van der Waals surface area (Å²) in [5.74, 6) is -1.47. The average molecular weight is 388 g/mol. The zero-order valence-corrected chi connectivity index (χ0v) is 16.1. The van der Waals surface area contributed by atoms with Crippen LogP contribution in [0.15, 0.2) is 53.7 Å². The van der Waals surface area contributed by atoms with E-state index in [2.05, 4.69) is 5.16 Å². The maximum Gasteiger partial charge on any atom is 0.240 e. The standard InChI is InChI=1S/C23H20N2O4/c1-11-3-7-13(8-4-11)18-17-19-15-16(20(28-19)21(17)29-24-18)23(27)25(22(15)26)14-9-5-12(2)6-10-14/h3-10,15-17,19-21H,1-2H3/t15-,16+,17-,19-,20+,21-/m0/s1. The molecule has 6 atom stereocenters. The van der Waals surface area contributed by atoms with Crippen molar-refractivity contribution in [1.82, 2.24) is 0 Å².